The fraction of sp³-hybridized carbons (Fsp3) is 0.571. The lowest BCUT2D eigenvalue weighted by Gasteiger charge is -1.94. The first-order chi connectivity index (χ1) is 6.19. The zero-order chi connectivity index (χ0) is 9.84. The number of esters is 1. The predicted molar refractivity (Wildman–Crippen MR) is 48.5 cm³/mol. The molecule has 1 rings (SSSR count). The van der Waals surface area contributed by atoms with Gasteiger partial charge in [0.25, 0.3) is 0 Å². The maximum atomic E-state index is 11.2. The van der Waals surface area contributed by atoms with Crippen LogP contribution in [0.15, 0.2) is 4.99 Å². The van der Waals surface area contributed by atoms with E-state index in [4.69, 9.17) is 4.74 Å². The van der Waals surface area contributed by atoms with Gasteiger partial charge in [-0.2, -0.15) is 5.10 Å². The lowest BCUT2D eigenvalue weighted by Crippen LogP contribution is -2.11. The van der Waals surface area contributed by atoms with Crippen LogP contribution < -0.4 is 4.80 Å². The van der Waals surface area contributed by atoms with Crippen LogP contribution in [0.4, 0.5) is 0 Å². The number of hydrogen-bond donors (Lipinski definition) is 0. The number of aryl methyl sites for hydroxylation is 1. The minimum absolute atomic E-state index is 0.338. The minimum Gasteiger partial charge on any atom is -0.461 e. The summed E-state index contributed by atoms with van der Waals surface area (Å²) in [7, 11) is 3.39. The lowest BCUT2D eigenvalue weighted by molar-refractivity contribution is 0.0524. The third-order valence-electron chi connectivity index (χ3n) is 1.35. The van der Waals surface area contributed by atoms with Crippen molar-refractivity contribution in [2.75, 3.05) is 13.7 Å². The molecule has 0 aliphatic heterocycles. The SMILES string of the molecule is CCOC(=O)c1nn(C)c(=NC)s1. The van der Waals surface area contributed by atoms with Crippen LogP contribution in [0.3, 0.4) is 0 Å². The summed E-state index contributed by atoms with van der Waals surface area (Å²) in [6.45, 7) is 2.12. The maximum Gasteiger partial charge on any atom is 0.369 e. The van der Waals surface area contributed by atoms with Crippen LogP contribution in [0.1, 0.15) is 16.7 Å². The third-order valence-corrected chi connectivity index (χ3v) is 2.42. The Labute approximate surface area is 79.7 Å². The number of carbonyl (C=O) groups excluding carboxylic acids is 1. The lowest BCUT2D eigenvalue weighted by atomic mass is 10.7. The van der Waals surface area contributed by atoms with Crippen LogP contribution in [0.5, 0.6) is 0 Å². The van der Waals surface area contributed by atoms with Crippen LogP contribution >= 0.6 is 11.3 Å². The van der Waals surface area contributed by atoms with Gasteiger partial charge in [-0.3, -0.25) is 4.99 Å². The Hall–Kier alpha value is -1.17. The molecular formula is C7H11N3O2S. The molecule has 0 N–H and O–H groups in total. The fourth-order valence-corrected chi connectivity index (χ4v) is 1.56. The molecule has 0 atom stereocenters. The summed E-state index contributed by atoms with van der Waals surface area (Å²) >= 11 is 1.22. The second-order valence-corrected chi connectivity index (χ2v) is 3.21. The van der Waals surface area contributed by atoms with Gasteiger partial charge in [-0.15, -0.1) is 0 Å². The molecule has 0 aliphatic rings. The topological polar surface area (TPSA) is 56.5 Å². The molecule has 0 saturated heterocycles. The number of ether oxygens (including phenoxy) is 1. The first kappa shape index (κ1) is 9.91. The first-order valence-electron chi connectivity index (χ1n) is 3.83. The number of hydrogen-bond acceptors (Lipinski definition) is 5. The fourth-order valence-electron chi connectivity index (χ4n) is 0.818. The molecular weight excluding hydrogens is 190 g/mol. The van der Waals surface area contributed by atoms with Crippen molar-refractivity contribution < 1.29 is 9.53 Å². The summed E-state index contributed by atoms with van der Waals surface area (Å²) in [6, 6.07) is 0. The van der Waals surface area contributed by atoms with Gasteiger partial charge in [0.15, 0.2) is 0 Å². The van der Waals surface area contributed by atoms with E-state index in [2.05, 4.69) is 10.1 Å². The molecule has 0 aliphatic carbocycles. The van der Waals surface area contributed by atoms with E-state index < -0.39 is 5.97 Å². The van der Waals surface area contributed by atoms with Crippen molar-refractivity contribution in [3.05, 3.63) is 9.81 Å². The van der Waals surface area contributed by atoms with Crippen molar-refractivity contribution in [3.63, 3.8) is 0 Å². The molecule has 1 aromatic heterocycles. The van der Waals surface area contributed by atoms with E-state index in [0.29, 0.717) is 16.4 Å². The number of rotatable bonds is 2. The van der Waals surface area contributed by atoms with E-state index in [1.54, 1.807) is 25.7 Å². The van der Waals surface area contributed by atoms with Gasteiger partial charge >= 0.3 is 5.97 Å². The van der Waals surface area contributed by atoms with Gasteiger partial charge < -0.3 is 4.74 Å². The Kier molecular flexibility index (Phi) is 3.18. The Morgan fingerprint density at radius 1 is 1.77 bits per heavy atom. The largest absolute Gasteiger partial charge is 0.461 e. The molecule has 0 unspecified atom stereocenters. The Balaban J connectivity index is 2.98. The maximum absolute atomic E-state index is 11.2. The molecule has 0 aromatic carbocycles. The highest BCUT2D eigenvalue weighted by atomic mass is 32.1. The summed E-state index contributed by atoms with van der Waals surface area (Å²) in [5.74, 6) is -0.391. The predicted octanol–water partition coefficient (Wildman–Crippen LogP) is 0.189. The normalized spacial score (nSPS) is 11.8. The molecule has 0 saturated carbocycles. The zero-order valence-corrected chi connectivity index (χ0v) is 8.59. The molecule has 5 nitrogen and oxygen atoms in total. The van der Waals surface area contributed by atoms with E-state index in [-0.39, 0.29) is 0 Å². The van der Waals surface area contributed by atoms with Gasteiger partial charge in [-0.1, -0.05) is 11.3 Å². The monoisotopic (exact) mass is 201 g/mol. The number of aromatic nitrogens is 2. The van der Waals surface area contributed by atoms with Gasteiger partial charge in [0.05, 0.1) is 6.61 Å². The quantitative estimate of drug-likeness (QED) is 0.642. The van der Waals surface area contributed by atoms with Crippen molar-refractivity contribution in [2.24, 2.45) is 12.0 Å². The van der Waals surface area contributed by atoms with Crippen molar-refractivity contribution in [3.8, 4) is 0 Å². The minimum atomic E-state index is -0.391. The second-order valence-electron chi connectivity index (χ2n) is 2.26. The molecule has 0 radical (unpaired) electrons. The average Bonchev–Trinajstić information content (AvgIpc) is 2.47. The molecule has 1 aromatic rings. The number of carbonyl (C=O) groups is 1. The highest BCUT2D eigenvalue weighted by molar-refractivity contribution is 7.10. The molecule has 1 heterocycles. The van der Waals surface area contributed by atoms with Crippen LogP contribution in [0.2, 0.25) is 0 Å². The van der Waals surface area contributed by atoms with Crippen LogP contribution in [0, 0.1) is 0 Å². The molecule has 6 heteroatoms. The Morgan fingerprint density at radius 2 is 2.46 bits per heavy atom. The van der Waals surface area contributed by atoms with E-state index in [9.17, 15) is 4.79 Å². The average molecular weight is 201 g/mol. The van der Waals surface area contributed by atoms with Crippen molar-refractivity contribution in [1.82, 2.24) is 9.78 Å². The highest BCUT2D eigenvalue weighted by Crippen LogP contribution is 2.00. The van der Waals surface area contributed by atoms with Gasteiger partial charge in [-0.05, 0) is 6.92 Å². The summed E-state index contributed by atoms with van der Waals surface area (Å²) in [5, 5.41) is 4.30. The first-order valence-corrected chi connectivity index (χ1v) is 4.64. The Bertz CT molecular complexity index is 366. The third kappa shape index (κ3) is 2.15. The van der Waals surface area contributed by atoms with Crippen LogP contribution in [-0.2, 0) is 11.8 Å². The summed E-state index contributed by atoms with van der Waals surface area (Å²) in [6.07, 6.45) is 0. The van der Waals surface area contributed by atoms with Crippen molar-refractivity contribution in [2.45, 2.75) is 6.92 Å². The van der Waals surface area contributed by atoms with Crippen molar-refractivity contribution >= 4 is 17.3 Å². The van der Waals surface area contributed by atoms with E-state index in [0.717, 1.165) is 0 Å². The zero-order valence-electron chi connectivity index (χ0n) is 7.77. The van der Waals surface area contributed by atoms with Gasteiger partial charge in [-0.25, -0.2) is 9.48 Å². The van der Waals surface area contributed by atoms with Crippen molar-refractivity contribution in [1.29, 1.82) is 0 Å². The smallest absolute Gasteiger partial charge is 0.369 e. The molecule has 0 spiro atoms. The Morgan fingerprint density at radius 3 is 2.92 bits per heavy atom. The van der Waals surface area contributed by atoms with E-state index in [1.165, 1.54) is 11.3 Å². The summed E-state index contributed by atoms with van der Waals surface area (Å²) < 4.78 is 6.35. The molecule has 0 bridgehead atoms. The summed E-state index contributed by atoms with van der Waals surface area (Å²) in [5.41, 5.74) is 0. The standard InChI is InChI=1S/C7H11N3O2S/c1-4-12-6(11)5-9-10(3)7(8-2)13-5/h4H2,1-3H3. The second kappa shape index (κ2) is 4.18. The molecule has 0 amide bonds. The van der Waals surface area contributed by atoms with E-state index >= 15 is 0 Å². The van der Waals surface area contributed by atoms with Gasteiger partial charge in [0.1, 0.15) is 0 Å². The summed E-state index contributed by atoms with van der Waals surface area (Å²) in [4.78, 5) is 15.8. The van der Waals surface area contributed by atoms with Gasteiger partial charge in [0.2, 0.25) is 9.81 Å². The van der Waals surface area contributed by atoms with E-state index in [1.807, 2.05) is 0 Å². The van der Waals surface area contributed by atoms with Crippen LogP contribution in [-0.4, -0.2) is 29.4 Å². The number of nitrogens with zero attached hydrogens (tertiary/aromatic N) is 3. The molecule has 0 fully saturated rings. The molecule has 72 valence electrons. The highest BCUT2D eigenvalue weighted by Gasteiger charge is 2.11. The van der Waals surface area contributed by atoms with Crippen LogP contribution in [0.25, 0.3) is 0 Å². The molecule has 13 heavy (non-hydrogen) atoms. The van der Waals surface area contributed by atoms with Gasteiger partial charge in [0, 0.05) is 14.1 Å².